The lowest BCUT2D eigenvalue weighted by Gasteiger charge is -2.26. The van der Waals surface area contributed by atoms with E-state index in [9.17, 15) is 28.9 Å². The van der Waals surface area contributed by atoms with Crippen molar-refractivity contribution in [3.63, 3.8) is 0 Å². The zero-order valence-electron chi connectivity index (χ0n) is 16.6. The molecule has 0 saturated carbocycles. The molecule has 2 aromatic carbocycles. The SMILES string of the molecule is O=C1NC(=O)N(c2ccccc2F)C(=O)/C1=C/c1ccc(Oc2ccc([N+](=O)[O-])cn2)cc1. The molecular weight excluding hydrogens is 435 g/mol. The summed E-state index contributed by atoms with van der Waals surface area (Å²) in [5.74, 6) is -2.19. The number of barbiturate groups is 1. The number of benzene rings is 2. The molecule has 1 aromatic heterocycles. The van der Waals surface area contributed by atoms with Crippen LogP contribution in [0.3, 0.4) is 0 Å². The first kappa shape index (κ1) is 21.3. The largest absolute Gasteiger partial charge is 0.439 e. The summed E-state index contributed by atoms with van der Waals surface area (Å²) in [6.45, 7) is 0. The minimum Gasteiger partial charge on any atom is -0.439 e. The average Bonchev–Trinajstić information content (AvgIpc) is 2.79. The number of ether oxygens (including phenoxy) is 1. The smallest absolute Gasteiger partial charge is 0.336 e. The number of hydrogen-bond donors (Lipinski definition) is 1. The third kappa shape index (κ3) is 4.42. The number of pyridine rings is 1. The fourth-order valence-electron chi connectivity index (χ4n) is 2.97. The number of imide groups is 2. The van der Waals surface area contributed by atoms with Gasteiger partial charge in [0, 0.05) is 12.1 Å². The van der Waals surface area contributed by atoms with Gasteiger partial charge in [0.1, 0.15) is 23.3 Å². The van der Waals surface area contributed by atoms with Crippen molar-refractivity contribution in [2.45, 2.75) is 0 Å². The molecule has 4 amide bonds. The van der Waals surface area contributed by atoms with Gasteiger partial charge in [-0.15, -0.1) is 0 Å². The summed E-state index contributed by atoms with van der Waals surface area (Å²) in [7, 11) is 0. The third-order valence-corrected chi connectivity index (χ3v) is 4.54. The van der Waals surface area contributed by atoms with Crippen LogP contribution in [0.25, 0.3) is 6.08 Å². The van der Waals surface area contributed by atoms with Gasteiger partial charge in [-0.3, -0.25) is 25.0 Å². The Kier molecular flexibility index (Phi) is 5.60. The van der Waals surface area contributed by atoms with E-state index in [-0.39, 0.29) is 22.8 Å². The lowest BCUT2D eigenvalue weighted by atomic mass is 10.1. The van der Waals surface area contributed by atoms with Gasteiger partial charge < -0.3 is 4.74 Å². The standard InChI is InChI=1S/C22H13FN4O6/c23-17-3-1-2-4-18(17)26-21(29)16(20(28)25-22(26)30)11-13-5-8-15(9-6-13)33-19-10-7-14(12-24-19)27(31)32/h1-12H,(H,25,28,30)/b16-11+. The number of para-hydroxylation sites is 1. The molecule has 10 nitrogen and oxygen atoms in total. The van der Waals surface area contributed by atoms with Gasteiger partial charge in [0.15, 0.2) is 0 Å². The van der Waals surface area contributed by atoms with Gasteiger partial charge in [-0.25, -0.2) is 19.1 Å². The van der Waals surface area contributed by atoms with Crippen molar-refractivity contribution in [1.29, 1.82) is 0 Å². The van der Waals surface area contributed by atoms with Crippen LogP contribution in [0.2, 0.25) is 0 Å². The number of nitrogens with one attached hydrogen (secondary N) is 1. The van der Waals surface area contributed by atoms with E-state index in [1.165, 1.54) is 60.7 Å². The lowest BCUT2D eigenvalue weighted by molar-refractivity contribution is -0.385. The lowest BCUT2D eigenvalue weighted by Crippen LogP contribution is -2.54. The normalized spacial score (nSPS) is 14.9. The first-order valence-electron chi connectivity index (χ1n) is 9.38. The number of halogens is 1. The maximum Gasteiger partial charge on any atom is 0.336 e. The second-order valence-corrected chi connectivity index (χ2v) is 6.69. The Morgan fingerprint density at radius 1 is 1.03 bits per heavy atom. The monoisotopic (exact) mass is 448 g/mol. The molecule has 1 N–H and O–H groups in total. The molecule has 3 aromatic rings. The topological polar surface area (TPSA) is 132 Å². The van der Waals surface area contributed by atoms with Gasteiger partial charge >= 0.3 is 6.03 Å². The van der Waals surface area contributed by atoms with Crippen molar-refractivity contribution >= 4 is 35.3 Å². The maximum absolute atomic E-state index is 14.1. The van der Waals surface area contributed by atoms with Crippen molar-refractivity contribution < 1.29 is 28.4 Å². The Labute approximate surface area is 185 Å². The van der Waals surface area contributed by atoms with Crippen LogP contribution in [-0.4, -0.2) is 27.8 Å². The molecule has 0 bridgehead atoms. The van der Waals surface area contributed by atoms with Gasteiger partial charge in [-0.2, -0.15) is 0 Å². The van der Waals surface area contributed by atoms with E-state index in [4.69, 9.17) is 4.74 Å². The molecule has 1 aliphatic heterocycles. The molecule has 0 unspecified atom stereocenters. The number of nitrogens with zero attached hydrogens (tertiary/aromatic N) is 3. The minimum absolute atomic E-state index is 0.132. The first-order valence-corrected chi connectivity index (χ1v) is 9.38. The molecule has 0 radical (unpaired) electrons. The molecule has 0 spiro atoms. The molecule has 2 heterocycles. The summed E-state index contributed by atoms with van der Waals surface area (Å²) in [6.07, 6.45) is 2.32. The zero-order chi connectivity index (χ0) is 23.5. The summed E-state index contributed by atoms with van der Waals surface area (Å²) >= 11 is 0. The highest BCUT2D eigenvalue weighted by Gasteiger charge is 2.37. The number of hydrogen-bond acceptors (Lipinski definition) is 7. The number of nitro groups is 1. The number of aromatic nitrogens is 1. The van der Waals surface area contributed by atoms with Crippen LogP contribution >= 0.6 is 0 Å². The highest BCUT2D eigenvalue weighted by molar-refractivity contribution is 6.39. The van der Waals surface area contributed by atoms with Crippen molar-refractivity contribution in [3.05, 3.63) is 93.9 Å². The maximum atomic E-state index is 14.1. The Balaban J connectivity index is 1.55. The van der Waals surface area contributed by atoms with Crippen molar-refractivity contribution in [2.24, 2.45) is 0 Å². The second kappa shape index (κ2) is 8.67. The molecule has 4 rings (SSSR count). The van der Waals surface area contributed by atoms with E-state index in [2.05, 4.69) is 4.98 Å². The first-order chi connectivity index (χ1) is 15.8. The van der Waals surface area contributed by atoms with E-state index < -0.39 is 28.6 Å². The van der Waals surface area contributed by atoms with Crippen LogP contribution in [-0.2, 0) is 9.59 Å². The number of urea groups is 1. The van der Waals surface area contributed by atoms with Gasteiger partial charge in [0.25, 0.3) is 17.5 Å². The minimum atomic E-state index is -1.05. The second-order valence-electron chi connectivity index (χ2n) is 6.69. The molecule has 164 valence electrons. The predicted octanol–water partition coefficient (Wildman–Crippen LogP) is 3.59. The van der Waals surface area contributed by atoms with Gasteiger partial charge in [-0.1, -0.05) is 24.3 Å². The molecular formula is C22H13FN4O6. The van der Waals surface area contributed by atoms with Crippen molar-refractivity contribution in [2.75, 3.05) is 4.90 Å². The van der Waals surface area contributed by atoms with Gasteiger partial charge in [0.05, 0.1) is 10.6 Å². The van der Waals surface area contributed by atoms with Crippen LogP contribution in [0, 0.1) is 15.9 Å². The quantitative estimate of drug-likeness (QED) is 0.273. The van der Waals surface area contributed by atoms with E-state index in [1.807, 2.05) is 5.32 Å². The number of rotatable bonds is 5. The predicted molar refractivity (Wildman–Crippen MR) is 113 cm³/mol. The van der Waals surface area contributed by atoms with E-state index in [1.54, 1.807) is 0 Å². The number of carbonyl (C=O) groups excluding carboxylic acids is 3. The van der Waals surface area contributed by atoms with Crippen LogP contribution in [0.1, 0.15) is 5.56 Å². The average molecular weight is 448 g/mol. The molecule has 0 aliphatic carbocycles. The van der Waals surface area contributed by atoms with Gasteiger partial charge in [0.2, 0.25) is 5.88 Å². The van der Waals surface area contributed by atoms with E-state index in [0.717, 1.165) is 12.3 Å². The fourth-order valence-corrected chi connectivity index (χ4v) is 2.97. The highest BCUT2D eigenvalue weighted by atomic mass is 19.1. The summed E-state index contributed by atoms with van der Waals surface area (Å²) in [5, 5.41) is 12.7. The Bertz CT molecular complexity index is 1310. The zero-order valence-corrected chi connectivity index (χ0v) is 16.6. The molecule has 11 heteroatoms. The van der Waals surface area contributed by atoms with Crippen LogP contribution in [0.15, 0.2) is 72.4 Å². The third-order valence-electron chi connectivity index (χ3n) is 4.54. The molecule has 0 atom stereocenters. The number of anilines is 1. The summed E-state index contributed by atoms with van der Waals surface area (Å²) in [5.41, 5.74) is -0.385. The fraction of sp³-hybridized carbons (Fsp3) is 0. The summed E-state index contributed by atoms with van der Waals surface area (Å²) < 4.78 is 19.6. The van der Waals surface area contributed by atoms with Crippen LogP contribution < -0.4 is 15.0 Å². The van der Waals surface area contributed by atoms with E-state index in [0.29, 0.717) is 16.2 Å². The Morgan fingerprint density at radius 3 is 2.39 bits per heavy atom. The molecule has 1 fully saturated rings. The highest BCUT2D eigenvalue weighted by Crippen LogP contribution is 2.26. The molecule has 33 heavy (non-hydrogen) atoms. The Morgan fingerprint density at radius 2 is 1.76 bits per heavy atom. The van der Waals surface area contributed by atoms with Crippen LogP contribution in [0.4, 0.5) is 20.6 Å². The Hall–Kier alpha value is -4.93. The molecule has 1 saturated heterocycles. The van der Waals surface area contributed by atoms with Crippen LogP contribution in [0.5, 0.6) is 11.6 Å². The summed E-state index contributed by atoms with van der Waals surface area (Å²) in [6, 6.07) is 12.9. The van der Waals surface area contributed by atoms with E-state index >= 15 is 0 Å². The van der Waals surface area contributed by atoms with Crippen molar-refractivity contribution in [3.8, 4) is 11.6 Å². The summed E-state index contributed by atoms with van der Waals surface area (Å²) in [4.78, 5) is 51.7. The van der Waals surface area contributed by atoms with Gasteiger partial charge in [-0.05, 0) is 35.9 Å². The number of carbonyl (C=O) groups is 3. The molecule has 1 aliphatic rings. The number of amides is 4. The van der Waals surface area contributed by atoms with Crippen molar-refractivity contribution in [1.82, 2.24) is 10.3 Å².